The van der Waals surface area contributed by atoms with Gasteiger partial charge in [0.15, 0.2) is 6.04 Å². The fourth-order valence-electron chi connectivity index (χ4n) is 1.67. The summed E-state index contributed by atoms with van der Waals surface area (Å²) in [6, 6.07) is 2.44. The van der Waals surface area contributed by atoms with Crippen LogP contribution in [-0.2, 0) is 9.53 Å². The third-order valence-electron chi connectivity index (χ3n) is 2.56. The molecule has 1 N–H and O–H groups in total. The van der Waals surface area contributed by atoms with E-state index in [0.717, 1.165) is 11.0 Å². The molecule has 0 heterocycles. The molecule has 0 aliphatic rings. The Morgan fingerprint density at radius 2 is 1.95 bits per heavy atom. The van der Waals surface area contributed by atoms with Gasteiger partial charge in [0.1, 0.15) is 11.4 Å². The Morgan fingerprint density at radius 3 is 2.43 bits per heavy atom. The molecular formula is C14H17BrFNO4. The fourth-order valence-corrected chi connectivity index (χ4v) is 2.05. The quantitative estimate of drug-likeness (QED) is 0.893. The van der Waals surface area contributed by atoms with E-state index in [1.54, 1.807) is 20.8 Å². The number of benzene rings is 1. The number of amides is 1. The van der Waals surface area contributed by atoms with Gasteiger partial charge in [-0.15, -0.1) is 0 Å². The maximum atomic E-state index is 13.9. The average molecular weight is 362 g/mol. The van der Waals surface area contributed by atoms with Gasteiger partial charge in [0.05, 0.1) is 0 Å². The minimum absolute atomic E-state index is 0.120. The fraction of sp³-hybridized carbons (Fsp3) is 0.429. The Labute approximate surface area is 130 Å². The smallest absolute Gasteiger partial charge is 0.411 e. The van der Waals surface area contributed by atoms with Crippen LogP contribution in [0, 0.1) is 5.82 Å². The summed E-state index contributed by atoms with van der Waals surface area (Å²) in [5.74, 6) is -2.05. The maximum Gasteiger partial charge on any atom is 0.411 e. The molecule has 0 spiro atoms. The SMILES string of the molecule is CN(C(=O)OC(C)(C)C)C(C(=O)O)c1cc(Br)ccc1F. The van der Waals surface area contributed by atoms with Gasteiger partial charge in [-0.2, -0.15) is 0 Å². The molecular weight excluding hydrogens is 345 g/mol. The van der Waals surface area contributed by atoms with E-state index in [-0.39, 0.29) is 5.56 Å². The van der Waals surface area contributed by atoms with Crippen molar-refractivity contribution in [2.45, 2.75) is 32.4 Å². The van der Waals surface area contributed by atoms with Crippen molar-refractivity contribution in [3.8, 4) is 0 Å². The first-order valence-electron chi connectivity index (χ1n) is 6.16. The zero-order chi connectivity index (χ0) is 16.4. The van der Waals surface area contributed by atoms with Crippen LogP contribution >= 0.6 is 15.9 Å². The minimum atomic E-state index is -1.47. The Morgan fingerprint density at radius 1 is 1.38 bits per heavy atom. The first-order valence-corrected chi connectivity index (χ1v) is 6.96. The summed E-state index contributed by atoms with van der Waals surface area (Å²) >= 11 is 3.15. The largest absolute Gasteiger partial charge is 0.479 e. The second-order valence-corrected chi connectivity index (χ2v) is 6.41. The van der Waals surface area contributed by atoms with Crippen LogP contribution in [0.2, 0.25) is 0 Å². The number of carbonyl (C=O) groups is 2. The van der Waals surface area contributed by atoms with Gasteiger partial charge in [0, 0.05) is 17.1 Å². The van der Waals surface area contributed by atoms with Gasteiger partial charge in [-0.25, -0.2) is 14.0 Å². The van der Waals surface area contributed by atoms with Crippen LogP contribution in [0.15, 0.2) is 22.7 Å². The van der Waals surface area contributed by atoms with Crippen molar-refractivity contribution < 1.29 is 23.8 Å². The molecule has 0 aliphatic carbocycles. The van der Waals surface area contributed by atoms with Crippen molar-refractivity contribution in [2.24, 2.45) is 0 Å². The van der Waals surface area contributed by atoms with E-state index in [2.05, 4.69) is 15.9 Å². The number of nitrogens with zero attached hydrogens (tertiary/aromatic N) is 1. The highest BCUT2D eigenvalue weighted by molar-refractivity contribution is 9.10. The molecule has 0 saturated heterocycles. The van der Waals surface area contributed by atoms with Crippen molar-refractivity contribution in [1.29, 1.82) is 0 Å². The number of hydrogen-bond donors (Lipinski definition) is 1. The predicted octanol–water partition coefficient (Wildman–Crippen LogP) is 3.58. The van der Waals surface area contributed by atoms with Gasteiger partial charge in [-0.05, 0) is 39.0 Å². The topological polar surface area (TPSA) is 66.8 Å². The van der Waals surface area contributed by atoms with Gasteiger partial charge >= 0.3 is 12.1 Å². The van der Waals surface area contributed by atoms with Crippen LogP contribution < -0.4 is 0 Å². The number of aliphatic carboxylic acids is 1. The number of carbonyl (C=O) groups excluding carboxylic acids is 1. The molecule has 1 aromatic carbocycles. The standard InChI is InChI=1S/C14H17BrFNO4/c1-14(2,3)21-13(20)17(4)11(12(18)19)9-7-8(15)5-6-10(9)16/h5-7,11H,1-4H3,(H,18,19). The van der Waals surface area contributed by atoms with Crippen molar-refractivity contribution in [3.05, 3.63) is 34.1 Å². The number of carboxylic acid groups (broad SMARTS) is 1. The zero-order valence-electron chi connectivity index (χ0n) is 12.2. The second-order valence-electron chi connectivity index (χ2n) is 5.50. The minimum Gasteiger partial charge on any atom is -0.479 e. The normalized spacial score (nSPS) is 12.7. The Bertz CT molecular complexity index is 556. The third-order valence-corrected chi connectivity index (χ3v) is 3.05. The molecule has 1 atom stereocenters. The van der Waals surface area contributed by atoms with E-state index < -0.39 is 29.5 Å². The molecule has 5 nitrogen and oxygen atoms in total. The van der Waals surface area contributed by atoms with Gasteiger partial charge in [-0.3, -0.25) is 4.90 Å². The summed E-state index contributed by atoms with van der Waals surface area (Å²) in [6.07, 6.45) is -0.839. The van der Waals surface area contributed by atoms with Crippen LogP contribution in [0.5, 0.6) is 0 Å². The predicted molar refractivity (Wildman–Crippen MR) is 78.5 cm³/mol. The highest BCUT2D eigenvalue weighted by atomic mass is 79.9. The van der Waals surface area contributed by atoms with Gasteiger partial charge in [0.25, 0.3) is 0 Å². The summed E-state index contributed by atoms with van der Waals surface area (Å²) in [7, 11) is 1.26. The molecule has 116 valence electrons. The molecule has 7 heteroatoms. The van der Waals surface area contributed by atoms with Crippen LogP contribution in [0.4, 0.5) is 9.18 Å². The lowest BCUT2D eigenvalue weighted by atomic mass is 10.1. The number of rotatable bonds is 3. The lowest BCUT2D eigenvalue weighted by Crippen LogP contribution is -2.40. The first kappa shape index (κ1) is 17.4. The highest BCUT2D eigenvalue weighted by Gasteiger charge is 2.33. The van der Waals surface area contributed by atoms with Crippen LogP contribution in [-0.4, -0.2) is 34.7 Å². The average Bonchev–Trinajstić information content (AvgIpc) is 2.31. The van der Waals surface area contributed by atoms with E-state index in [1.165, 1.54) is 19.2 Å². The van der Waals surface area contributed by atoms with Crippen LogP contribution in [0.25, 0.3) is 0 Å². The molecule has 0 fully saturated rings. The highest BCUT2D eigenvalue weighted by Crippen LogP contribution is 2.27. The molecule has 0 bridgehead atoms. The van der Waals surface area contributed by atoms with E-state index in [9.17, 15) is 19.1 Å². The van der Waals surface area contributed by atoms with Crippen molar-refractivity contribution in [3.63, 3.8) is 0 Å². The lowest BCUT2D eigenvalue weighted by Gasteiger charge is -2.28. The monoisotopic (exact) mass is 361 g/mol. The lowest BCUT2D eigenvalue weighted by molar-refractivity contribution is -0.143. The number of halogens is 2. The Balaban J connectivity index is 3.15. The number of hydrogen-bond acceptors (Lipinski definition) is 3. The Hall–Kier alpha value is -1.63. The van der Waals surface area contributed by atoms with E-state index in [1.807, 2.05) is 0 Å². The van der Waals surface area contributed by atoms with Crippen molar-refractivity contribution >= 4 is 28.0 Å². The zero-order valence-corrected chi connectivity index (χ0v) is 13.8. The van der Waals surface area contributed by atoms with Gasteiger partial charge in [-0.1, -0.05) is 15.9 Å². The van der Waals surface area contributed by atoms with Crippen molar-refractivity contribution in [2.75, 3.05) is 7.05 Å². The molecule has 0 radical (unpaired) electrons. The number of carboxylic acids is 1. The van der Waals surface area contributed by atoms with Crippen LogP contribution in [0.1, 0.15) is 32.4 Å². The summed E-state index contributed by atoms with van der Waals surface area (Å²) < 4.78 is 19.5. The summed E-state index contributed by atoms with van der Waals surface area (Å²) in [6.45, 7) is 4.98. The van der Waals surface area contributed by atoms with E-state index in [0.29, 0.717) is 4.47 Å². The molecule has 21 heavy (non-hydrogen) atoms. The molecule has 1 amide bonds. The Kier molecular flexibility index (Phi) is 5.33. The maximum absolute atomic E-state index is 13.9. The molecule has 0 aliphatic heterocycles. The third kappa shape index (κ3) is 4.70. The van der Waals surface area contributed by atoms with Gasteiger partial charge < -0.3 is 9.84 Å². The molecule has 1 rings (SSSR count). The molecule has 0 aromatic heterocycles. The summed E-state index contributed by atoms with van der Waals surface area (Å²) in [5.41, 5.74) is -0.894. The molecule has 0 saturated carbocycles. The van der Waals surface area contributed by atoms with E-state index >= 15 is 0 Å². The van der Waals surface area contributed by atoms with Gasteiger partial charge in [0.2, 0.25) is 0 Å². The molecule has 1 unspecified atom stereocenters. The van der Waals surface area contributed by atoms with Crippen molar-refractivity contribution in [1.82, 2.24) is 4.90 Å². The summed E-state index contributed by atoms with van der Waals surface area (Å²) in [4.78, 5) is 24.3. The number of likely N-dealkylation sites (N-methyl/N-ethyl adjacent to an activating group) is 1. The second kappa shape index (κ2) is 6.43. The van der Waals surface area contributed by atoms with Crippen LogP contribution in [0.3, 0.4) is 0 Å². The first-order chi connectivity index (χ1) is 9.53. The summed E-state index contributed by atoms with van der Waals surface area (Å²) in [5, 5.41) is 9.33. The molecule has 1 aromatic rings. The van der Waals surface area contributed by atoms with E-state index in [4.69, 9.17) is 4.74 Å². The number of ether oxygens (including phenoxy) is 1.